The number of fused-ring (bicyclic) bond motifs is 1. The van der Waals surface area contributed by atoms with Crippen LogP contribution in [0.15, 0.2) is 48.5 Å². The number of carbonyl (C=O) groups excluding carboxylic acids is 2. The fourth-order valence-corrected chi connectivity index (χ4v) is 3.67. The molecule has 0 radical (unpaired) electrons. The molecule has 2 aromatic carbocycles. The SMILES string of the molecule is CCc1nn2c(c1-c1ccc(C)cc1)NC(=O)C2CC(=O)Nc1cccc([N+](=O)[O-])c1. The largest absolute Gasteiger partial charge is 0.326 e. The molecule has 0 bridgehead atoms. The maximum atomic E-state index is 12.6. The summed E-state index contributed by atoms with van der Waals surface area (Å²) in [5.41, 5.74) is 3.95. The van der Waals surface area contributed by atoms with Crippen LogP contribution in [-0.4, -0.2) is 26.5 Å². The van der Waals surface area contributed by atoms with E-state index in [0.29, 0.717) is 17.9 Å². The number of nitrogens with zero attached hydrogens (tertiary/aromatic N) is 3. The van der Waals surface area contributed by atoms with Gasteiger partial charge in [0.25, 0.3) is 11.6 Å². The Labute approximate surface area is 178 Å². The molecule has 158 valence electrons. The highest BCUT2D eigenvalue weighted by molar-refractivity contribution is 6.04. The first-order valence-corrected chi connectivity index (χ1v) is 9.91. The van der Waals surface area contributed by atoms with Gasteiger partial charge in [-0.25, -0.2) is 4.68 Å². The Kier molecular flexibility index (Phi) is 5.24. The molecule has 1 aromatic heterocycles. The molecule has 0 fully saturated rings. The number of nitro groups is 1. The highest BCUT2D eigenvalue weighted by Crippen LogP contribution is 2.38. The van der Waals surface area contributed by atoms with Crippen molar-refractivity contribution in [2.24, 2.45) is 0 Å². The van der Waals surface area contributed by atoms with Crippen LogP contribution in [0, 0.1) is 17.0 Å². The number of non-ortho nitro benzene ring substituents is 1. The molecule has 0 saturated carbocycles. The average molecular weight is 419 g/mol. The first-order chi connectivity index (χ1) is 14.9. The second-order valence-corrected chi connectivity index (χ2v) is 7.40. The molecular formula is C22H21N5O4. The number of anilines is 2. The van der Waals surface area contributed by atoms with E-state index in [4.69, 9.17) is 0 Å². The standard InChI is InChI=1S/C22H21N5O4/c1-3-17-20(14-9-7-13(2)8-10-14)21-24-22(29)18(26(21)25-17)12-19(28)23-15-5-4-6-16(11-15)27(30)31/h4-11,18H,3,12H2,1-2H3,(H,23,28)(H,24,29). The van der Waals surface area contributed by atoms with Crippen LogP contribution in [0.5, 0.6) is 0 Å². The van der Waals surface area contributed by atoms with Gasteiger partial charge >= 0.3 is 0 Å². The summed E-state index contributed by atoms with van der Waals surface area (Å²) in [6.07, 6.45) is 0.533. The molecule has 2 heterocycles. The Morgan fingerprint density at radius 3 is 2.68 bits per heavy atom. The highest BCUT2D eigenvalue weighted by Gasteiger charge is 2.36. The van der Waals surface area contributed by atoms with Gasteiger partial charge in [-0.2, -0.15) is 5.10 Å². The minimum absolute atomic E-state index is 0.124. The van der Waals surface area contributed by atoms with Gasteiger partial charge in [0.15, 0.2) is 0 Å². The maximum Gasteiger partial charge on any atom is 0.271 e. The van der Waals surface area contributed by atoms with Gasteiger partial charge in [0.2, 0.25) is 5.91 Å². The summed E-state index contributed by atoms with van der Waals surface area (Å²) in [4.78, 5) is 35.6. The van der Waals surface area contributed by atoms with Gasteiger partial charge in [-0.3, -0.25) is 19.7 Å². The van der Waals surface area contributed by atoms with Crippen LogP contribution in [-0.2, 0) is 16.0 Å². The molecule has 2 N–H and O–H groups in total. The Morgan fingerprint density at radius 2 is 2.00 bits per heavy atom. The number of hydrogen-bond donors (Lipinski definition) is 2. The van der Waals surface area contributed by atoms with E-state index in [1.165, 1.54) is 18.2 Å². The number of rotatable bonds is 6. The molecule has 4 rings (SSSR count). The van der Waals surface area contributed by atoms with Crippen LogP contribution in [0.3, 0.4) is 0 Å². The fourth-order valence-electron chi connectivity index (χ4n) is 3.67. The first-order valence-electron chi connectivity index (χ1n) is 9.91. The lowest BCUT2D eigenvalue weighted by molar-refractivity contribution is -0.384. The third-order valence-electron chi connectivity index (χ3n) is 5.22. The zero-order chi connectivity index (χ0) is 22.1. The van der Waals surface area contributed by atoms with Gasteiger partial charge in [0, 0.05) is 23.4 Å². The molecular weight excluding hydrogens is 398 g/mol. The van der Waals surface area contributed by atoms with Crippen molar-refractivity contribution in [1.82, 2.24) is 9.78 Å². The normalized spacial score (nSPS) is 14.8. The molecule has 3 aromatic rings. The molecule has 0 saturated heterocycles. The predicted molar refractivity (Wildman–Crippen MR) is 116 cm³/mol. The Balaban J connectivity index is 1.59. The van der Waals surface area contributed by atoms with E-state index in [2.05, 4.69) is 15.7 Å². The van der Waals surface area contributed by atoms with Crippen LogP contribution in [0.1, 0.15) is 30.6 Å². The lowest BCUT2D eigenvalue weighted by Crippen LogP contribution is -2.24. The minimum atomic E-state index is -0.793. The molecule has 1 aliphatic heterocycles. The van der Waals surface area contributed by atoms with Gasteiger partial charge in [-0.1, -0.05) is 42.8 Å². The summed E-state index contributed by atoms with van der Waals surface area (Å²) in [5, 5.41) is 21.0. The molecule has 1 unspecified atom stereocenters. The lowest BCUT2D eigenvalue weighted by atomic mass is 10.0. The van der Waals surface area contributed by atoms with E-state index in [0.717, 1.165) is 22.4 Å². The highest BCUT2D eigenvalue weighted by atomic mass is 16.6. The zero-order valence-electron chi connectivity index (χ0n) is 17.1. The van der Waals surface area contributed by atoms with E-state index < -0.39 is 16.9 Å². The van der Waals surface area contributed by atoms with Crippen molar-refractivity contribution in [3.8, 4) is 11.1 Å². The van der Waals surface area contributed by atoms with Crippen molar-refractivity contribution in [3.63, 3.8) is 0 Å². The third-order valence-corrected chi connectivity index (χ3v) is 5.22. The molecule has 0 spiro atoms. The van der Waals surface area contributed by atoms with Crippen molar-refractivity contribution < 1.29 is 14.5 Å². The monoisotopic (exact) mass is 419 g/mol. The fraction of sp³-hybridized carbons (Fsp3) is 0.227. The predicted octanol–water partition coefficient (Wildman–Crippen LogP) is 3.85. The van der Waals surface area contributed by atoms with Crippen LogP contribution in [0.2, 0.25) is 0 Å². The second kappa shape index (κ2) is 8.02. The summed E-state index contributed by atoms with van der Waals surface area (Å²) in [7, 11) is 0. The van der Waals surface area contributed by atoms with E-state index >= 15 is 0 Å². The smallest absolute Gasteiger partial charge is 0.271 e. The number of carbonyl (C=O) groups is 2. The molecule has 9 nitrogen and oxygen atoms in total. The quantitative estimate of drug-likeness (QED) is 0.465. The Bertz CT molecular complexity index is 1180. The zero-order valence-corrected chi connectivity index (χ0v) is 17.1. The van der Waals surface area contributed by atoms with Crippen molar-refractivity contribution in [2.45, 2.75) is 32.7 Å². The van der Waals surface area contributed by atoms with Gasteiger partial charge in [0.05, 0.1) is 17.0 Å². The molecule has 0 aliphatic carbocycles. The van der Waals surface area contributed by atoms with Crippen molar-refractivity contribution in [1.29, 1.82) is 0 Å². The van der Waals surface area contributed by atoms with Gasteiger partial charge in [-0.15, -0.1) is 0 Å². The molecule has 9 heteroatoms. The molecule has 1 atom stereocenters. The summed E-state index contributed by atoms with van der Waals surface area (Å²) in [6, 6.07) is 12.8. The third kappa shape index (κ3) is 3.89. The summed E-state index contributed by atoms with van der Waals surface area (Å²) >= 11 is 0. The molecule has 2 amide bonds. The maximum absolute atomic E-state index is 12.6. The van der Waals surface area contributed by atoms with Crippen molar-refractivity contribution in [3.05, 3.63) is 69.9 Å². The molecule has 31 heavy (non-hydrogen) atoms. The number of benzene rings is 2. The van der Waals surface area contributed by atoms with Gasteiger partial charge in [-0.05, 0) is 25.0 Å². The average Bonchev–Trinajstić information content (AvgIpc) is 3.24. The van der Waals surface area contributed by atoms with E-state index in [1.54, 1.807) is 10.7 Å². The topological polar surface area (TPSA) is 119 Å². The lowest BCUT2D eigenvalue weighted by Gasteiger charge is -2.10. The first kappa shape index (κ1) is 20.3. The van der Waals surface area contributed by atoms with E-state index in [1.807, 2.05) is 38.1 Å². The van der Waals surface area contributed by atoms with Crippen LogP contribution < -0.4 is 10.6 Å². The van der Waals surface area contributed by atoms with Crippen LogP contribution in [0.4, 0.5) is 17.2 Å². The second-order valence-electron chi connectivity index (χ2n) is 7.40. The minimum Gasteiger partial charge on any atom is -0.326 e. The van der Waals surface area contributed by atoms with Crippen molar-refractivity contribution >= 4 is 29.0 Å². The number of nitrogens with one attached hydrogen (secondary N) is 2. The summed E-state index contributed by atoms with van der Waals surface area (Å²) in [5.74, 6) is -0.162. The van der Waals surface area contributed by atoms with Gasteiger partial charge in [0.1, 0.15) is 11.9 Å². The Hall–Kier alpha value is -4.01. The molecule has 1 aliphatic rings. The van der Waals surface area contributed by atoms with Crippen LogP contribution >= 0.6 is 0 Å². The van der Waals surface area contributed by atoms with Gasteiger partial charge < -0.3 is 10.6 Å². The Morgan fingerprint density at radius 1 is 1.26 bits per heavy atom. The summed E-state index contributed by atoms with van der Waals surface area (Å²) in [6.45, 7) is 3.99. The number of aromatic nitrogens is 2. The van der Waals surface area contributed by atoms with E-state index in [9.17, 15) is 19.7 Å². The van der Waals surface area contributed by atoms with Crippen LogP contribution in [0.25, 0.3) is 11.1 Å². The van der Waals surface area contributed by atoms with E-state index in [-0.39, 0.29) is 18.0 Å². The number of aryl methyl sites for hydroxylation is 2. The van der Waals surface area contributed by atoms with Crippen molar-refractivity contribution in [2.75, 3.05) is 10.6 Å². The number of hydrogen-bond acceptors (Lipinski definition) is 5. The number of amides is 2. The number of nitro benzene ring substituents is 1. The summed E-state index contributed by atoms with van der Waals surface area (Å²) < 4.78 is 1.57.